The molecule has 166 valence electrons. The number of imidazole rings is 1. The van der Waals surface area contributed by atoms with E-state index >= 15 is 0 Å². The van der Waals surface area contributed by atoms with E-state index in [2.05, 4.69) is 15.2 Å². The molecular weight excluding hydrogens is 411 g/mol. The van der Waals surface area contributed by atoms with Gasteiger partial charge in [0, 0.05) is 32.6 Å². The molecule has 4 heterocycles. The van der Waals surface area contributed by atoms with E-state index in [1.54, 1.807) is 21.5 Å². The third-order valence-corrected chi connectivity index (χ3v) is 6.33. The quantitative estimate of drug-likeness (QED) is 0.680. The van der Waals surface area contributed by atoms with Gasteiger partial charge in [-0.25, -0.2) is 13.9 Å². The minimum atomic E-state index is -0.263. The number of hydrogen-bond acceptors (Lipinski definition) is 5. The molecule has 5 rings (SSSR count). The Labute approximate surface area is 185 Å². The third-order valence-electron chi connectivity index (χ3n) is 6.33. The first-order chi connectivity index (χ1) is 15.5. The Hall–Kier alpha value is -3.49. The normalized spacial score (nSPS) is 20.8. The summed E-state index contributed by atoms with van der Waals surface area (Å²) in [6, 6.07) is 10.4. The number of aromatic nitrogens is 3. The van der Waals surface area contributed by atoms with Crippen LogP contribution < -0.4 is 10.2 Å². The van der Waals surface area contributed by atoms with E-state index in [0.717, 1.165) is 37.2 Å². The lowest BCUT2D eigenvalue weighted by Gasteiger charge is -2.26. The Morgan fingerprint density at radius 2 is 2.03 bits per heavy atom. The van der Waals surface area contributed by atoms with Crippen LogP contribution >= 0.6 is 0 Å². The van der Waals surface area contributed by atoms with Gasteiger partial charge in [0.1, 0.15) is 11.6 Å². The number of hydrogen-bond donors (Lipinski definition) is 1. The number of carbonyl (C=O) groups excluding carboxylic acids is 2. The molecule has 32 heavy (non-hydrogen) atoms. The molecule has 0 spiro atoms. The van der Waals surface area contributed by atoms with Crippen molar-refractivity contribution in [2.75, 3.05) is 24.5 Å². The highest BCUT2D eigenvalue weighted by Crippen LogP contribution is 2.35. The van der Waals surface area contributed by atoms with Gasteiger partial charge in [-0.05, 0) is 49.1 Å². The van der Waals surface area contributed by atoms with Crippen molar-refractivity contribution in [2.24, 2.45) is 0 Å². The topological polar surface area (TPSA) is 82.8 Å². The van der Waals surface area contributed by atoms with Crippen molar-refractivity contribution >= 4 is 23.3 Å². The number of anilines is 1. The molecule has 2 aliphatic rings. The second-order valence-electron chi connectivity index (χ2n) is 8.44. The largest absolute Gasteiger partial charge is 0.348 e. The lowest BCUT2D eigenvalue weighted by atomic mass is 10.0. The van der Waals surface area contributed by atoms with Crippen LogP contribution in [0.1, 0.15) is 48.3 Å². The van der Waals surface area contributed by atoms with Crippen LogP contribution in [0.5, 0.6) is 0 Å². The maximum Gasteiger partial charge on any atom is 0.271 e. The van der Waals surface area contributed by atoms with Crippen molar-refractivity contribution < 1.29 is 14.0 Å². The number of likely N-dealkylation sites (tertiary alicyclic amines) is 1. The molecule has 2 atom stereocenters. The summed E-state index contributed by atoms with van der Waals surface area (Å²) in [5.41, 5.74) is 1.85. The summed E-state index contributed by atoms with van der Waals surface area (Å²) < 4.78 is 15.3. The molecule has 2 aliphatic heterocycles. The Balaban J connectivity index is 1.39. The van der Waals surface area contributed by atoms with Gasteiger partial charge in [0.15, 0.2) is 11.3 Å². The Morgan fingerprint density at radius 3 is 2.81 bits per heavy atom. The number of rotatable bonds is 4. The van der Waals surface area contributed by atoms with Crippen LogP contribution in [0.15, 0.2) is 42.6 Å². The molecule has 2 fully saturated rings. The molecule has 1 N–H and O–H groups in total. The molecule has 2 saturated heterocycles. The van der Waals surface area contributed by atoms with Crippen LogP contribution in [0.3, 0.4) is 0 Å². The fourth-order valence-corrected chi connectivity index (χ4v) is 4.70. The van der Waals surface area contributed by atoms with Crippen LogP contribution in [-0.4, -0.2) is 57.0 Å². The number of nitrogens with one attached hydrogen (secondary N) is 1. The van der Waals surface area contributed by atoms with Crippen molar-refractivity contribution in [2.45, 2.75) is 38.3 Å². The van der Waals surface area contributed by atoms with Crippen LogP contribution in [0.4, 0.5) is 10.2 Å². The summed E-state index contributed by atoms with van der Waals surface area (Å²) in [4.78, 5) is 32.7. The van der Waals surface area contributed by atoms with Crippen molar-refractivity contribution in [3.8, 4) is 0 Å². The van der Waals surface area contributed by atoms with Gasteiger partial charge >= 0.3 is 0 Å². The van der Waals surface area contributed by atoms with Gasteiger partial charge in [0.05, 0.1) is 12.2 Å². The zero-order valence-corrected chi connectivity index (χ0v) is 17.9. The minimum absolute atomic E-state index is 0.0151. The van der Waals surface area contributed by atoms with E-state index in [1.807, 2.05) is 18.2 Å². The van der Waals surface area contributed by atoms with Gasteiger partial charge in [-0.2, -0.15) is 0 Å². The summed E-state index contributed by atoms with van der Waals surface area (Å²) >= 11 is 0. The maximum atomic E-state index is 13.8. The van der Waals surface area contributed by atoms with Gasteiger partial charge in [-0.1, -0.05) is 12.1 Å². The average Bonchev–Trinajstić information content (AvgIpc) is 3.52. The van der Waals surface area contributed by atoms with Gasteiger partial charge in [-0.15, -0.1) is 5.10 Å². The van der Waals surface area contributed by atoms with E-state index in [0.29, 0.717) is 24.4 Å². The SMILES string of the molecule is CC(=O)N1CC[C@@H](NC(=O)c2cnc3ccc(N4CCCC4c4cccc(F)c4)nn23)C1. The van der Waals surface area contributed by atoms with Gasteiger partial charge in [-0.3, -0.25) is 9.59 Å². The van der Waals surface area contributed by atoms with E-state index < -0.39 is 0 Å². The summed E-state index contributed by atoms with van der Waals surface area (Å²) in [5, 5.41) is 7.71. The van der Waals surface area contributed by atoms with Crippen molar-refractivity contribution in [1.29, 1.82) is 0 Å². The predicted molar refractivity (Wildman–Crippen MR) is 117 cm³/mol. The predicted octanol–water partition coefficient (Wildman–Crippen LogP) is 2.56. The highest BCUT2D eigenvalue weighted by Gasteiger charge is 2.29. The summed E-state index contributed by atoms with van der Waals surface area (Å²) in [6.07, 6.45) is 4.14. The second-order valence-corrected chi connectivity index (χ2v) is 8.44. The number of amides is 2. The Morgan fingerprint density at radius 1 is 1.16 bits per heavy atom. The third kappa shape index (κ3) is 3.79. The smallest absolute Gasteiger partial charge is 0.271 e. The molecule has 0 bridgehead atoms. The molecule has 1 aromatic carbocycles. The van der Waals surface area contributed by atoms with Gasteiger partial charge in [0.2, 0.25) is 5.91 Å². The Bertz CT molecular complexity index is 1180. The first-order valence-electron chi connectivity index (χ1n) is 10.9. The Kier molecular flexibility index (Phi) is 5.24. The van der Waals surface area contributed by atoms with Gasteiger partial charge in [0.25, 0.3) is 5.91 Å². The summed E-state index contributed by atoms with van der Waals surface area (Å²) in [7, 11) is 0. The first kappa shape index (κ1) is 20.4. The van der Waals surface area contributed by atoms with Crippen LogP contribution in [0.25, 0.3) is 5.65 Å². The second kappa shape index (κ2) is 8.22. The van der Waals surface area contributed by atoms with Gasteiger partial charge < -0.3 is 15.1 Å². The lowest BCUT2D eigenvalue weighted by Crippen LogP contribution is -2.38. The highest BCUT2D eigenvalue weighted by atomic mass is 19.1. The number of nitrogens with zero attached hydrogens (tertiary/aromatic N) is 5. The fraction of sp³-hybridized carbons (Fsp3) is 0.391. The van der Waals surface area contributed by atoms with E-state index in [1.165, 1.54) is 19.2 Å². The monoisotopic (exact) mass is 436 g/mol. The fourth-order valence-electron chi connectivity index (χ4n) is 4.70. The molecule has 2 aromatic heterocycles. The van der Waals surface area contributed by atoms with Crippen LogP contribution in [-0.2, 0) is 4.79 Å². The molecule has 0 radical (unpaired) electrons. The summed E-state index contributed by atoms with van der Waals surface area (Å²) in [6.45, 7) is 3.50. The standard InChI is InChI=1S/C23H25FN6O2/c1-15(31)28-11-9-18(14-28)26-23(32)20-13-25-21-7-8-22(27-30(20)21)29-10-3-6-19(29)16-4-2-5-17(24)12-16/h2,4-5,7-8,12-13,18-19H,3,6,9-11,14H2,1H3,(H,26,32)/t18-,19?/m1/s1. The zero-order chi connectivity index (χ0) is 22.2. The number of benzene rings is 1. The molecule has 8 nitrogen and oxygen atoms in total. The molecule has 0 saturated carbocycles. The number of carbonyl (C=O) groups is 2. The highest BCUT2D eigenvalue weighted by molar-refractivity contribution is 5.93. The number of halogens is 1. The van der Waals surface area contributed by atoms with E-state index in [9.17, 15) is 14.0 Å². The molecule has 0 aliphatic carbocycles. The van der Waals surface area contributed by atoms with Crippen molar-refractivity contribution in [3.05, 3.63) is 59.7 Å². The zero-order valence-electron chi connectivity index (χ0n) is 17.9. The molecule has 2 amide bonds. The lowest BCUT2D eigenvalue weighted by molar-refractivity contribution is -0.127. The molecule has 3 aromatic rings. The molecule has 1 unspecified atom stereocenters. The van der Waals surface area contributed by atoms with E-state index in [4.69, 9.17) is 5.10 Å². The minimum Gasteiger partial charge on any atom is -0.348 e. The average molecular weight is 436 g/mol. The maximum absolute atomic E-state index is 13.8. The van der Waals surface area contributed by atoms with Crippen LogP contribution in [0, 0.1) is 5.82 Å². The summed E-state index contributed by atoms with van der Waals surface area (Å²) in [5.74, 6) is 0.225. The van der Waals surface area contributed by atoms with Crippen molar-refractivity contribution in [3.63, 3.8) is 0 Å². The van der Waals surface area contributed by atoms with E-state index in [-0.39, 0.29) is 29.7 Å². The molecular formula is C23H25FN6O2. The van der Waals surface area contributed by atoms with Crippen molar-refractivity contribution in [1.82, 2.24) is 24.8 Å². The first-order valence-corrected chi connectivity index (χ1v) is 10.9. The molecule has 9 heteroatoms. The number of fused-ring (bicyclic) bond motifs is 1. The van der Waals surface area contributed by atoms with Crippen LogP contribution in [0.2, 0.25) is 0 Å².